The summed E-state index contributed by atoms with van der Waals surface area (Å²) in [6, 6.07) is 9.57. The molecule has 1 atom stereocenters. The molecule has 3 aromatic rings. The van der Waals surface area contributed by atoms with Crippen LogP contribution in [0.5, 0.6) is 0 Å². The maximum absolute atomic E-state index is 11.4. The molecule has 0 amide bonds. The number of carbonyl (C=O) groups is 1. The molecule has 1 saturated heterocycles. The predicted octanol–water partition coefficient (Wildman–Crippen LogP) is 3.30. The summed E-state index contributed by atoms with van der Waals surface area (Å²) in [5.74, 6) is 0.0211. The lowest BCUT2D eigenvalue weighted by Crippen LogP contribution is -2.25. The van der Waals surface area contributed by atoms with E-state index in [1.54, 1.807) is 18.3 Å². The van der Waals surface area contributed by atoms with Crippen LogP contribution in [0.3, 0.4) is 0 Å². The molecular weight excluding hydrogens is 316 g/mol. The van der Waals surface area contributed by atoms with Crippen molar-refractivity contribution in [3.63, 3.8) is 0 Å². The Morgan fingerprint density at radius 2 is 2.24 bits per heavy atom. The van der Waals surface area contributed by atoms with Crippen molar-refractivity contribution in [2.24, 2.45) is 0 Å². The average Bonchev–Trinajstić information content (AvgIpc) is 3.22. The molecule has 1 aliphatic rings. The molecule has 1 aromatic carbocycles. The lowest BCUT2D eigenvalue weighted by molar-refractivity contribution is 0.0693. The fourth-order valence-corrected chi connectivity index (χ4v) is 3.63. The Morgan fingerprint density at radius 1 is 1.36 bits per heavy atom. The third-order valence-corrected chi connectivity index (χ3v) is 4.89. The van der Waals surface area contributed by atoms with Gasteiger partial charge >= 0.3 is 5.97 Å². The first-order valence-electron chi connectivity index (χ1n) is 8.50. The number of aryl methyl sites for hydroxylation is 1. The van der Waals surface area contributed by atoms with Crippen LogP contribution in [0.2, 0.25) is 0 Å². The number of nitrogens with zero attached hydrogens (tertiary/aromatic N) is 3. The van der Waals surface area contributed by atoms with Crippen LogP contribution < -0.4 is 0 Å². The van der Waals surface area contributed by atoms with E-state index < -0.39 is 5.97 Å². The molecule has 25 heavy (non-hydrogen) atoms. The summed E-state index contributed by atoms with van der Waals surface area (Å²) in [5, 5.41) is 9.37. The van der Waals surface area contributed by atoms with Crippen molar-refractivity contribution in [2.45, 2.75) is 32.4 Å². The molecule has 0 spiro atoms. The number of aromatic carboxylic acids is 1. The van der Waals surface area contributed by atoms with Gasteiger partial charge in [-0.3, -0.25) is 9.88 Å². The number of fused-ring (bicyclic) bond motifs is 1. The lowest BCUT2D eigenvalue weighted by Gasteiger charge is -2.23. The van der Waals surface area contributed by atoms with E-state index in [1.807, 2.05) is 12.1 Å². The second-order valence-electron chi connectivity index (χ2n) is 6.52. The predicted molar refractivity (Wildman–Crippen MR) is 94.4 cm³/mol. The highest BCUT2D eigenvalue weighted by Crippen LogP contribution is 2.33. The van der Waals surface area contributed by atoms with Gasteiger partial charge in [-0.15, -0.1) is 0 Å². The molecule has 1 aliphatic heterocycles. The largest absolute Gasteiger partial charge is 0.478 e. The van der Waals surface area contributed by atoms with Crippen LogP contribution in [0.1, 0.15) is 46.3 Å². The number of likely N-dealkylation sites (tertiary alicyclic amines) is 1. The first kappa shape index (κ1) is 15.8. The summed E-state index contributed by atoms with van der Waals surface area (Å²) >= 11 is 0. The molecule has 0 aliphatic carbocycles. The van der Waals surface area contributed by atoms with Crippen molar-refractivity contribution in [3.05, 3.63) is 59.2 Å². The summed E-state index contributed by atoms with van der Waals surface area (Å²) in [7, 11) is 0. The molecule has 3 heterocycles. The van der Waals surface area contributed by atoms with Gasteiger partial charge in [0, 0.05) is 12.7 Å². The average molecular weight is 336 g/mol. The van der Waals surface area contributed by atoms with Crippen LogP contribution in [0, 0.1) is 6.92 Å². The van der Waals surface area contributed by atoms with Crippen molar-refractivity contribution in [1.82, 2.24) is 19.9 Å². The maximum atomic E-state index is 11.4. The third-order valence-electron chi connectivity index (χ3n) is 4.89. The summed E-state index contributed by atoms with van der Waals surface area (Å²) < 4.78 is 0. The number of carboxylic acid groups (broad SMARTS) is 1. The van der Waals surface area contributed by atoms with Crippen molar-refractivity contribution in [1.29, 1.82) is 0 Å². The molecule has 128 valence electrons. The van der Waals surface area contributed by atoms with E-state index in [9.17, 15) is 9.90 Å². The highest BCUT2D eigenvalue weighted by Gasteiger charge is 2.30. The fourth-order valence-electron chi connectivity index (χ4n) is 3.63. The summed E-state index contributed by atoms with van der Waals surface area (Å²) in [4.78, 5) is 26.2. The van der Waals surface area contributed by atoms with Gasteiger partial charge in [0.2, 0.25) is 0 Å². The van der Waals surface area contributed by atoms with E-state index in [-0.39, 0.29) is 11.6 Å². The highest BCUT2D eigenvalue weighted by atomic mass is 16.4. The maximum Gasteiger partial charge on any atom is 0.337 e. The lowest BCUT2D eigenvalue weighted by atomic mass is 10.1. The van der Waals surface area contributed by atoms with Crippen LogP contribution in [0.4, 0.5) is 0 Å². The van der Waals surface area contributed by atoms with Gasteiger partial charge in [-0.25, -0.2) is 9.78 Å². The van der Waals surface area contributed by atoms with Crippen LogP contribution in [0.25, 0.3) is 11.0 Å². The number of aromatic nitrogens is 3. The quantitative estimate of drug-likeness (QED) is 0.764. The van der Waals surface area contributed by atoms with E-state index in [2.05, 4.69) is 27.9 Å². The van der Waals surface area contributed by atoms with Gasteiger partial charge in [0.25, 0.3) is 0 Å². The number of benzene rings is 1. The number of carboxylic acids is 1. The first-order valence-corrected chi connectivity index (χ1v) is 8.50. The van der Waals surface area contributed by atoms with E-state index >= 15 is 0 Å². The minimum atomic E-state index is -0.932. The van der Waals surface area contributed by atoms with Gasteiger partial charge in [-0.1, -0.05) is 12.1 Å². The zero-order valence-electron chi connectivity index (χ0n) is 14.1. The van der Waals surface area contributed by atoms with Crippen LogP contribution in [-0.4, -0.2) is 37.5 Å². The second kappa shape index (κ2) is 6.29. The van der Waals surface area contributed by atoms with Crippen LogP contribution in [-0.2, 0) is 6.54 Å². The smallest absolute Gasteiger partial charge is 0.337 e. The Hall–Kier alpha value is -2.73. The monoisotopic (exact) mass is 336 g/mol. The number of aromatic amines is 1. The standard InChI is InChI=1S/C19H20N4O2/c1-12-5-2-7-14-17(12)22-18(21-14)16-8-4-10-23(16)11-15-13(19(24)25)6-3-9-20-15/h2-3,5-7,9,16H,4,8,10-11H2,1H3,(H,21,22)(H,24,25). The number of hydrogen-bond donors (Lipinski definition) is 2. The number of imidazole rings is 1. The van der Waals surface area contributed by atoms with Gasteiger partial charge in [-0.2, -0.15) is 0 Å². The summed E-state index contributed by atoms with van der Waals surface area (Å²) in [6.07, 6.45) is 3.72. The minimum Gasteiger partial charge on any atom is -0.478 e. The molecule has 1 unspecified atom stereocenters. The van der Waals surface area contributed by atoms with Gasteiger partial charge in [0.1, 0.15) is 5.82 Å². The molecule has 2 aromatic heterocycles. The second-order valence-corrected chi connectivity index (χ2v) is 6.52. The van der Waals surface area contributed by atoms with Gasteiger partial charge in [0.05, 0.1) is 28.3 Å². The van der Waals surface area contributed by atoms with Crippen molar-refractivity contribution >= 4 is 17.0 Å². The number of H-pyrrole nitrogens is 1. The highest BCUT2D eigenvalue weighted by molar-refractivity contribution is 5.88. The van der Waals surface area contributed by atoms with E-state index in [0.29, 0.717) is 12.2 Å². The zero-order valence-corrected chi connectivity index (χ0v) is 14.1. The molecule has 2 N–H and O–H groups in total. The summed E-state index contributed by atoms with van der Waals surface area (Å²) in [6.45, 7) is 3.49. The van der Waals surface area contributed by atoms with Gasteiger partial charge in [0.15, 0.2) is 0 Å². The Balaban J connectivity index is 1.64. The Kier molecular flexibility index (Phi) is 3.97. The normalized spacial score (nSPS) is 18.0. The zero-order chi connectivity index (χ0) is 17.4. The molecule has 0 radical (unpaired) electrons. The molecule has 4 rings (SSSR count). The Morgan fingerprint density at radius 3 is 3.04 bits per heavy atom. The Bertz CT molecular complexity index is 934. The molecule has 6 nitrogen and oxygen atoms in total. The van der Waals surface area contributed by atoms with Gasteiger partial charge in [-0.05, 0) is 50.1 Å². The fraction of sp³-hybridized carbons (Fsp3) is 0.316. The minimum absolute atomic E-state index is 0.162. The summed E-state index contributed by atoms with van der Waals surface area (Å²) in [5.41, 5.74) is 4.09. The van der Waals surface area contributed by atoms with E-state index in [1.165, 1.54) is 0 Å². The Labute approximate surface area is 145 Å². The molecule has 0 bridgehead atoms. The molecule has 6 heteroatoms. The molecule has 0 saturated carbocycles. The molecular formula is C19H20N4O2. The van der Waals surface area contributed by atoms with Crippen LogP contribution >= 0.6 is 0 Å². The SMILES string of the molecule is Cc1cccc2[nH]c(C3CCCN3Cc3ncccc3C(=O)O)nc12. The number of para-hydroxylation sites is 1. The van der Waals surface area contributed by atoms with Crippen LogP contribution in [0.15, 0.2) is 36.5 Å². The first-order chi connectivity index (χ1) is 12.1. The van der Waals surface area contributed by atoms with E-state index in [4.69, 9.17) is 4.98 Å². The number of rotatable bonds is 4. The van der Waals surface area contributed by atoms with Gasteiger partial charge < -0.3 is 10.1 Å². The number of nitrogens with one attached hydrogen (secondary N) is 1. The number of pyridine rings is 1. The van der Waals surface area contributed by atoms with Crippen molar-refractivity contribution < 1.29 is 9.90 Å². The topological polar surface area (TPSA) is 82.1 Å². The third kappa shape index (κ3) is 2.89. The molecule has 1 fully saturated rings. The van der Waals surface area contributed by atoms with E-state index in [0.717, 1.165) is 41.8 Å². The van der Waals surface area contributed by atoms with Crippen molar-refractivity contribution in [2.75, 3.05) is 6.54 Å². The van der Waals surface area contributed by atoms with Crippen molar-refractivity contribution in [3.8, 4) is 0 Å². The number of hydrogen-bond acceptors (Lipinski definition) is 4.